The van der Waals surface area contributed by atoms with Gasteiger partial charge < -0.3 is 24.8 Å². The van der Waals surface area contributed by atoms with E-state index < -0.39 is 5.72 Å². The number of carbonyl (C=O) groups excluding carboxylic acids is 1. The summed E-state index contributed by atoms with van der Waals surface area (Å²) in [6.07, 6.45) is 2.99. The van der Waals surface area contributed by atoms with Gasteiger partial charge in [0.25, 0.3) is 5.91 Å². The van der Waals surface area contributed by atoms with Crippen LogP contribution in [0.5, 0.6) is 11.5 Å². The molecule has 2 heterocycles. The van der Waals surface area contributed by atoms with Crippen LogP contribution < -0.4 is 14.8 Å². The SMILES string of the molecule is O=C(NCCCCCN1CCN(C2(CO)COc3ccccc3O2)CC1)c1ccc(F)cc1. The minimum absolute atomic E-state index is 0.120. The molecule has 0 spiro atoms. The van der Waals surface area contributed by atoms with Crippen molar-refractivity contribution in [3.8, 4) is 11.5 Å². The zero-order valence-corrected chi connectivity index (χ0v) is 18.8. The number of halogens is 1. The fourth-order valence-corrected chi connectivity index (χ4v) is 4.33. The number of aliphatic hydroxyl groups excluding tert-OH is 1. The highest BCUT2D eigenvalue weighted by Gasteiger charge is 2.44. The maximum Gasteiger partial charge on any atom is 0.251 e. The molecular formula is C25H32FN3O4. The smallest absolute Gasteiger partial charge is 0.251 e. The van der Waals surface area contributed by atoms with Crippen molar-refractivity contribution in [3.05, 3.63) is 59.9 Å². The van der Waals surface area contributed by atoms with Gasteiger partial charge in [-0.3, -0.25) is 9.69 Å². The Kier molecular flexibility index (Phi) is 7.80. The molecule has 0 aliphatic carbocycles. The Morgan fingerprint density at radius 2 is 1.73 bits per heavy atom. The molecule has 1 saturated heterocycles. The lowest BCUT2D eigenvalue weighted by Gasteiger charge is -2.47. The summed E-state index contributed by atoms with van der Waals surface area (Å²) in [4.78, 5) is 16.6. The number of fused-ring (bicyclic) bond motifs is 1. The van der Waals surface area contributed by atoms with E-state index in [1.54, 1.807) is 0 Å². The lowest BCUT2D eigenvalue weighted by atomic mass is 10.1. The number of piperazine rings is 1. The highest BCUT2D eigenvalue weighted by atomic mass is 19.1. The number of benzene rings is 2. The molecule has 0 bridgehead atoms. The van der Waals surface area contributed by atoms with Crippen LogP contribution in [0.15, 0.2) is 48.5 Å². The first kappa shape index (κ1) is 23.5. The molecule has 1 fully saturated rings. The van der Waals surface area contributed by atoms with Crippen LogP contribution in [-0.4, -0.2) is 79.0 Å². The number of rotatable bonds is 9. The Morgan fingerprint density at radius 3 is 2.45 bits per heavy atom. The van der Waals surface area contributed by atoms with Crippen LogP contribution in [0.25, 0.3) is 0 Å². The molecule has 8 heteroatoms. The van der Waals surface area contributed by atoms with Crippen LogP contribution in [0.2, 0.25) is 0 Å². The van der Waals surface area contributed by atoms with Crippen molar-refractivity contribution in [1.29, 1.82) is 0 Å². The molecule has 1 unspecified atom stereocenters. The van der Waals surface area contributed by atoms with Gasteiger partial charge in [0.15, 0.2) is 11.5 Å². The summed E-state index contributed by atoms with van der Waals surface area (Å²) in [6, 6.07) is 13.1. The van der Waals surface area contributed by atoms with Gasteiger partial charge >= 0.3 is 0 Å². The average Bonchev–Trinajstić information content (AvgIpc) is 2.86. The van der Waals surface area contributed by atoms with Crippen LogP contribution in [-0.2, 0) is 0 Å². The zero-order valence-electron chi connectivity index (χ0n) is 18.8. The molecule has 0 radical (unpaired) electrons. The summed E-state index contributed by atoms with van der Waals surface area (Å²) < 4.78 is 25.0. The second-order valence-electron chi connectivity index (χ2n) is 8.59. The predicted molar refractivity (Wildman–Crippen MR) is 123 cm³/mol. The lowest BCUT2D eigenvalue weighted by molar-refractivity contribution is -0.163. The monoisotopic (exact) mass is 457 g/mol. The van der Waals surface area contributed by atoms with E-state index in [4.69, 9.17) is 9.47 Å². The first-order chi connectivity index (χ1) is 16.1. The summed E-state index contributed by atoms with van der Waals surface area (Å²) in [5, 5.41) is 13.0. The van der Waals surface area contributed by atoms with E-state index in [9.17, 15) is 14.3 Å². The third kappa shape index (κ3) is 5.82. The number of nitrogens with one attached hydrogen (secondary N) is 1. The van der Waals surface area contributed by atoms with Crippen molar-refractivity contribution >= 4 is 5.91 Å². The molecule has 0 aromatic heterocycles. The van der Waals surface area contributed by atoms with Crippen LogP contribution in [0.4, 0.5) is 4.39 Å². The maximum absolute atomic E-state index is 12.9. The highest BCUT2D eigenvalue weighted by Crippen LogP contribution is 2.36. The third-order valence-electron chi connectivity index (χ3n) is 6.34. The molecule has 2 aromatic rings. The van der Waals surface area contributed by atoms with Crippen molar-refractivity contribution < 1.29 is 23.8 Å². The second-order valence-corrected chi connectivity index (χ2v) is 8.59. The summed E-state index contributed by atoms with van der Waals surface area (Å²) >= 11 is 0. The van der Waals surface area contributed by atoms with Crippen LogP contribution in [0.3, 0.4) is 0 Å². The number of aliphatic hydroxyl groups is 1. The first-order valence-electron chi connectivity index (χ1n) is 11.6. The Balaban J connectivity index is 1.13. The van der Waals surface area contributed by atoms with Gasteiger partial charge in [0.2, 0.25) is 5.72 Å². The Hall–Kier alpha value is -2.68. The van der Waals surface area contributed by atoms with Gasteiger partial charge in [0, 0.05) is 38.3 Å². The molecular weight excluding hydrogens is 425 g/mol. The van der Waals surface area contributed by atoms with E-state index >= 15 is 0 Å². The topological polar surface area (TPSA) is 74.3 Å². The van der Waals surface area contributed by atoms with Gasteiger partial charge in [0.1, 0.15) is 19.0 Å². The molecule has 2 aliphatic rings. The molecule has 1 atom stereocenters. The summed E-state index contributed by atoms with van der Waals surface area (Å²) in [6.45, 7) is 5.24. The van der Waals surface area contributed by atoms with E-state index in [1.165, 1.54) is 24.3 Å². The molecule has 2 N–H and O–H groups in total. The molecule has 2 aliphatic heterocycles. The molecule has 4 rings (SSSR count). The average molecular weight is 458 g/mol. The number of nitrogens with zero attached hydrogens (tertiary/aromatic N) is 2. The van der Waals surface area contributed by atoms with Crippen molar-refractivity contribution in [2.24, 2.45) is 0 Å². The van der Waals surface area contributed by atoms with Gasteiger partial charge in [0.05, 0.1) is 0 Å². The number of amides is 1. The maximum atomic E-state index is 12.9. The van der Waals surface area contributed by atoms with Gasteiger partial charge in [-0.05, 0) is 55.8 Å². The van der Waals surface area contributed by atoms with E-state index in [2.05, 4.69) is 15.1 Å². The van der Waals surface area contributed by atoms with Crippen molar-refractivity contribution in [3.63, 3.8) is 0 Å². The molecule has 33 heavy (non-hydrogen) atoms. The zero-order chi connectivity index (χ0) is 23.1. The first-order valence-corrected chi connectivity index (χ1v) is 11.6. The van der Waals surface area contributed by atoms with E-state index in [-0.39, 0.29) is 18.3 Å². The molecule has 2 aromatic carbocycles. The minimum Gasteiger partial charge on any atom is -0.484 e. The minimum atomic E-state index is -0.830. The lowest BCUT2D eigenvalue weighted by Crippen LogP contribution is -2.65. The Labute approximate surface area is 194 Å². The molecule has 1 amide bonds. The summed E-state index contributed by atoms with van der Waals surface area (Å²) in [5.74, 6) is 0.880. The molecule has 178 valence electrons. The number of hydrogen-bond donors (Lipinski definition) is 2. The van der Waals surface area contributed by atoms with Gasteiger partial charge in [-0.2, -0.15) is 0 Å². The summed E-state index contributed by atoms with van der Waals surface area (Å²) in [7, 11) is 0. The number of carbonyl (C=O) groups is 1. The van der Waals surface area contributed by atoms with E-state index in [1.807, 2.05) is 24.3 Å². The van der Waals surface area contributed by atoms with Gasteiger partial charge in [-0.15, -0.1) is 0 Å². The van der Waals surface area contributed by atoms with Crippen molar-refractivity contribution in [2.45, 2.75) is 25.0 Å². The second kappa shape index (κ2) is 11.0. The van der Waals surface area contributed by atoms with Gasteiger partial charge in [-0.25, -0.2) is 4.39 Å². The van der Waals surface area contributed by atoms with Crippen molar-refractivity contribution in [2.75, 3.05) is 52.5 Å². The Bertz CT molecular complexity index is 918. The third-order valence-corrected chi connectivity index (χ3v) is 6.34. The fraction of sp³-hybridized carbons (Fsp3) is 0.480. The quantitative estimate of drug-likeness (QED) is 0.564. The normalized spacial score (nSPS) is 21.0. The predicted octanol–water partition coefficient (Wildman–Crippen LogP) is 2.50. The van der Waals surface area contributed by atoms with Crippen LogP contribution >= 0.6 is 0 Å². The highest BCUT2D eigenvalue weighted by molar-refractivity contribution is 5.94. The van der Waals surface area contributed by atoms with E-state index in [0.29, 0.717) is 30.2 Å². The van der Waals surface area contributed by atoms with Crippen LogP contribution in [0.1, 0.15) is 29.6 Å². The number of hydrogen-bond acceptors (Lipinski definition) is 6. The largest absolute Gasteiger partial charge is 0.484 e. The molecule has 7 nitrogen and oxygen atoms in total. The van der Waals surface area contributed by atoms with Crippen LogP contribution in [0, 0.1) is 5.82 Å². The Morgan fingerprint density at radius 1 is 1.00 bits per heavy atom. The van der Waals surface area contributed by atoms with E-state index in [0.717, 1.165) is 52.0 Å². The number of para-hydroxylation sites is 2. The summed E-state index contributed by atoms with van der Waals surface area (Å²) in [5.41, 5.74) is -0.353. The van der Waals surface area contributed by atoms with Crippen molar-refractivity contribution in [1.82, 2.24) is 15.1 Å². The number of ether oxygens (including phenoxy) is 2. The molecule has 0 saturated carbocycles. The van der Waals surface area contributed by atoms with Gasteiger partial charge in [-0.1, -0.05) is 18.6 Å². The number of unbranched alkanes of at least 4 members (excludes halogenated alkanes) is 2. The standard InChI is InChI=1S/C25H32FN3O4/c26-21-10-8-20(9-11-21)24(31)27-12-4-1-5-13-28-14-16-29(17-15-28)25(18-30)19-32-22-6-2-3-7-23(22)33-25/h2-3,6-11,30H,1,4-5,12-19H2,(H,27,31). The fourth-order valence-electron chi connectivity index (χ4n) is 4.33.